The van der Waals surface area contributed by atoms with Gasteiger partial charge in [-0.15, -0.1) is 0 Å². The highest BCUT2D eigenvalue weighted by Gasteiger charge is 2.21. The van der Waals surface area contributed by atoms with Gasteiger partial charge in [-0.3, -0.25) is 9.35 Å². The van der Waals surface area contributed by atoms with Crippen LogP contribution in [-0.4, -0.2) is 28.8 Å². The van der Waals surface area contributed by atoms with E-state index in [2.05, 4.69) is 9.97 Å². The molecule has 2 rings (SSSR count). The first-order valence-corrected chi connectivity index (χ1v) is 6.25. The van der Waals surface area contributed by atoms with Gasteiger partial charge in [0.1, 0.15) is 16.3 Å². The molecule has 0 unspecified atom stereocenters. The summed E-state index contributed by atoms with van der Waals surface area (Å²) in [5.74, 6) is -0.771. The number of carbonyl (C=O) groups excluding carboxylic acids is 1. The molecule has 7 nitrogen and oxygen atoms in total. The van der Waals surface area contributed by atoms with Crippen LogP contribution in [0.4, 0.5) is 0 Å². The highest BCUT2D eigenvalue weighted by atomic mass is 32.2. The summed E-state index contributed by atoms with van der Waals surface area (Å²) in [6, 6.07) is 5.64. The normalized spacial score (nSPS) is 11.4. The van der Waals surface area contributed by atoms with Crippen molar-refractivity contribution in [2.75, 3.05) is 0 Å². The molecule has 0 atom stereocenters. The summed E-state index contributed by atoms with van der Waals surface area (Å²) in [6.07, 6.45) is 1.22. The van der Waals surface area contributed by atoms with Gasteiger partial charge in [-0.05, 0) is 6.07 Å². The molecule has 1 aromatic carbocycles. The minimum absolute atomic E-state index is 0.0221. The van der Waals surface area contributed by atoms with E-state index in [4.69, 9.17) is 10.3 Å². The van der Waals surface area contributed by atoms with Crippen LogP contribution in [0.2, 0.25) is 0 Å². The number of imidazole rings is 1. The molecule has 4 N–H and O–H groups in total. The van der Waals surface area contributed by atoms with Crippen molar-refractivity contribution in [3.8, 4) is 11.3 Å². The molecule has 0 aliphatic carbocycles. The topological polar surface area (TPSA) is 126 Å². The first-order chi connectivity index (χ1) is 8.41. The molecular formula is C10H9N3O4S. The van der Waals surface area contributed by atoms with Crippen molar-refractivity contribution in [3.63, 3.8) is 0 Å². The minimum Gasteiger partial charge on any atom is -0.364 e. The summed E-state index contributed by atoms with van der Waals surface area (Å²) in [7, 11) is -4.41. The molecule has 0 saturated heterocycles. The Hall–Kier alpha value is -2.19. The van der Waals surface area contributed by atoms with Crippen molar-refractivity contribution in [3.05, 3.63) is 36.3 Å². The second-order valence-corrected chi connectivity index (χ2v) is 4.85. The number of nitrogens with one attached hydrogen (secondary N) is 1. The maximum Gasteiger partial charge on any atom is 0.295 e. The van der Waals surface area contributed by atoms with E-state index in [0.29, 0.717) is 0 Å². The number of hydrogen-bond donors (Lipinski definition) is 3. The van der Waals surface area contributed by atoms with E-state index < -0.39 is 16.0 Å². The third-order valence-electron chi connectivity index (χ3n) is 2.31. The molecule has 0 radical (unpaired) electrons. The van der Waals surface area contributed by atoms with Gasteiger partial charge in [0, 0.05) is 5.56 Å². The number of nitrogens with two attached hydrogens (primary N) is 1. The van der Waals surface area contributed by atoms with Crippen molar-refractivity contribution in [1.29, 1.82) is 0 Å². The van der Waals surface area contributed by atoms with Gasteiger partial charge < -0.3 is 10.7 Å². The highest BCUT2D eigenvalue weighted by molar-refractivity contribution is 7.86. The third kappa shape index (κ3) is 2.11. The number of H-pyrrole nitrogens is 1. The predicted molar refractivity (Wildman–Crippen MR) is 62.4 cm³/mol. The highest BCUT2D eigenvalue weighted by Crippen LogP contribution is 2.27. The quantitative estimate of drug-likeness (QED) is 0.695. The Bertz CT molecular complexity index is 705. The zero-order valence-corrected chi connectivity index (χ0v) is 9.81. The number of benzene rings is 1. The molecule has 1 aromatic heterocycles. The number of hydrogen-bond acceptors (Lipinski definition) is 4. The van der Waals surface area contributed by atoms with Gasteiger partial charge in [0.25, 0.3) is 16.0 Å². The largest absolute Gasteiger partial charge is 0.364 e. The van der Waals surface area contributed by atoms with Gasteiger partial charge in [0.15, 0.2) is 0 Å². The molecule has 0 aliphatic heterocycles. The first kappa shape index (κ1) is 12.3. The van der Waals surface area contributed by atoms with E-state index in [1.165, 1.54) is 24.5 Å². The van der Waals surface area contributed by atoms with Gasteiger partial charge >= 0.3 is 0 Å². The van der Waals surface area contributed by atoms with Gasteiger partial charge in [0.2, 0.25) is 0 Å². The van der Waals surface area contributed by atoms with Crippen LogP contribution in [-0.2, 0) is 10.1 Å². The zero-order valence-electron chi connectivity index (χ0n) is 8.99. The predicted octanol–water partition coefficient (Wildman–Crippen LogP) is 0.422. The number of rotatable bonds is 3. The van der Waals surface area contributed by atoms with Crippen LogP contribution >= 0.6 is 0 Å². The van der Waals surface area contributed by atoms with Gasteiger partial charge in [-0.1, -0.05) is 18.2 Å². The lowest BCUT2D eigenvalue weighted by molar-refractivity contribution is 0.0996. The van der Waals surface area contributed by atoms with Gasteiger partial charge in [-0.2, -0.15) is 8.42 Å². The molecule has 0 aliphatic rings. The molecule has 1 amide bonds. The molecule has 0 spiro atoms. The lowest BCUT2D eigenvalue weighted by Gasteiger charge is -2.05. The fourth-order valence-corrected chi connectivity index (χ4v) is 2.27. The maximum atomic E-state index is 11.2. The molecule has 0 fully saturated rings. The second kappa shape index (κ2) is 4.24. The molecule has 0 bridgehead atoms. The van der Waals surface area contributed by atoms with Crippen molar-refractivity contribution in [2.45, 2.75) is 4.90 Å². The van der Waals surface area contributed by atoms with Crippen molar-refractivity contribution in [2.24, 2.45) is 5.73 Å². The average Bonchev–Trinajstić information content (AvgIpc) is 2.76. The van der Waals surface area contributed by atoms with E-state index in [9.17, 15) is 13.2 Å². The fraction of sp³-hybridized carbons (Fsp3) is 0. The van der Waals surface area contributed by atoms with E-state index in [1.54, 1.807) is 6.07 Å². The lowest BCUT2D eigenvalue weighted by atomic mass is 10.1. The standard InChI is InChI=1S/C10H9N3O4S/c11-10(14)9-8(12-5-13-9)6-3-1-2-4-7(6)18(15,16)17/h1-5H,(H2,11,14)(H,12,13)(H,15,16,17). The molecule has 1 heterocycles. The number of aromatic amines is 1. The van der Waals surface area contributed by atoms with Gasteiger partial charge in [-0.25, -0.2) is 4.98 Å². The van der Waals surface area contributed by atoms with Crippen molar-refractivity contribution < 1.29 is 17.8 Å². The summed E-state index contributed by atoms with van der Waals surface area (Å²) in [6.45, 7) is 0. The summed E-state index contributed by atoms with van der Waals surface area (Å²) >= 11 is 0. The van der Waals surface area contributed by atoms with Crippen LogP contribution in [0.15, 0.2) is 35.5 Å². The molecule has 94 valence electrons. The Morgan fingerprint density at radius 1 is 1.33 bits per heavy atom. The van der Waals surface area contributed by atoms with Gasteiger partial charge in [0.05, 0.1) is 6.33 Å². The Balaban J connectivity index is 2.73. The van der Waals surface area contributed by atoms with Crippen LogP contribution < -0.4 is 5.73 Å². The van der Waals surface area contributed by atoms with Crippen molar-refractivity contribution in [1.82, 2.24) is 9.97 Å². The molecule has 18 heavy (non-hydrogen) atoms. The van der Waals surface area contributed by atoms with E-state index in [0.717, 1.165) is 0 Å². The Morgan fingerprint density at radius 2 is 2.00 bits per heavy atom. The van der Waals surface area contributed by atoms with Crippen LogP contribution in [0.25, 0.3) is 11.3 Å². The fourth-order valence-electron chi connectivity index (χ4n) is 1.57. The molecule has 0 saturated carbocycles. The van der Waals surface area contributed by atoms with Crippen LogP contribution in [0, 0.1) is 0 Å². The first-order valence-electron chi connectivity index (χ1n) is 4.81. The smallest absolute Gasteiger partial charge is 0.295 e. The number of amides is 1. The number of nitrogens with zero attached hydrogens (tertiary/aromatic N) is 1. The number of carbonyl (C=O) groups is 1. The maximum absolute atomic E-state index is 11.2. The van der Waals surface area contributed by atoms with E-state index in [1.807, 2.05) is 0 Å². The Kier molecular flexibility index (Phi) is 2.89. The summed E-state index contributed by atoms with van der Waals surface area (Å²) in [5.41, 5.74) is 5.30. The van der Waals surface area contributed by atoms with Crippen LogP contribution in [0.1, 0.15) is 10.5 Å². The lowest BCUT2D eigenvalue weighted by Crippen LogP contribution is -2.13. The number of primary amides is 1. The molecule has 2 aromatic rings. The summed E-state index contributed by atoms with van der Waals surface area (Å²) < 4.78 is 31.6. The van der Waals surface area contributed by atoms with E-state index >= 15 is 0 Å². The van der Waals surface area contributed by atoms with E-state index in [-0.39, 0.29) is 21.8 Å². The Morgan fingerprint density at radius 3 is 2.61 bits per heavy atom. The minimum atomic E-state index is -4.41. The summed E-state index contributed by atoms with van der Waals surface area (Å²) in [4.78, 5) is 17.2. The Labute approximate surface area is 102 Å². The van der Waals surface area contributed by atoms with Crippen molar-refractivity contribution >= 4 is 16.0 Å². The SMILES string of the molecule is NC(=O)c1[nH]cnc1-c1ccccc1S(=O)(=O)O. The summed E-state index contributed by atoms with van der Waals surface area (Å²) in [5, 5.41) is 0. The molecular weight excluding hydrogens is 258 g/mol. The average molecular weight is 267 g/mol. The third-order valence-corrected chi connectivity index (χ3v) is 3.22. The number of aromatic nitrogens is 2. The zero-order chi connectivity index (χ0) is 13.3. The second-order valence-electron chi connectivity index (χ2n) is 3.46. The van der Waals surface area contributed by atoms with Crippen LogP contribution in [0.5, 0.6) is 0 Å². The molecule has 8 heteroatoms. The van der Waals surface area contributed by atoms with Crippen LogP contribution in [0.3, 0.4) is 0 Å². The monoisotopic (exact) mass is 267 g/mol.